The van der Waals surface area contributed by atoms with Crippen molar-refractivity contribution < 1.29 is 9.59 Å². The van der Waals surface area contributed by atoms with Crippen LogP contribution in [0.4, 0.5) is 0 Å². The van der Waals surface area contributed by atoms with Crippen molar-refractivity contribution in [2.45, 2.75) is 44.7 Å². The molecule has 2 aromatic rings. The van der Waals surface area contributed by atoms with Gasteiger partial charge in [0, 0.05) is 24.6 Å². The molecule has 2 amide bonds. The van der Waals surface area contributed by atoms with E-state index in [0.29, 0.717) is 24.6 Å². The van der Waals surface area contributed by atoms with Gasteiger partial charge in [-0.3, -0.25) is 9.59 Å². The first-order valence-electron chi connectivity index (χ1n) is 8.85. The van der Waals surface area contributed by atoms with Crippen LogP contribution in [0.3, 0.4) is 0 Å². The Morgan fingerprint density at radius 3 is 2.24 bits per heavy atom. The Morgan fingerprint density at radius 1 is 0.960 bits per heavy atom. The summed E-state index contributed by atoms with van der Waals surface area (Å²) in [7, 11) is 0. The van der Waals surface area contributed by atoms with Crippen molar-refractivity contribution in [1.29, 1.82) is 0 Å². The van der Waals surface area contributed by atoms with Gasteiger partial charge in [-0.25, -0.2) is 0 Å². The van der Waals surface area contributed by atoms with Crippen LogP contribution in [0.5, 0.6) is 0 Å². The highest BCUT2D eigenvalue weighted by atomic mass is 16.2. The van der Waals surface area contributed by atoms with Gasteiger partial charge < -0.3 is 10.6 Å². The summed E-state index contributed by atoms with van der Waals surface area (Å²) in [6.45, 7) is 0.605. The van der Waals surface area contributed by atoms with E-state index >= 15 is 0 Å². The molecule has 3 rings (SSSR count). The number of amides is 2. The quantitative estimate of drug-likeness (QED) is 0.804. The van der Waals surface area contributed by atoms with Crippen LogP contribution >= 0.6 is 0 Å². The number of benzene rings is 2. The number of aryl methyl sites for hydroxylation is 1. The van der Waals surface area contributed by atoms with Crippen molar-refractivity contribution in [2.24, 2.45) is 5.73 Å². The lowest BCUT2D eigenvalue weighted by molar-refractivity contribution is -0.132. The predicted molar refractivity (Wildman–Crippen MR) is 97.9 cm³/mol. The van der Waals surface area contributed by atoms with Crippen molar-refractivity contribution in [1.82, 2.24) is 4.90 Å². The fourth-order valence-corrected chi connectivity index (χ4v) is 3.01. The summed E-state index contributed by atoms with van der Waals surface area (Å²) < 4.78 is 0. The predicted octanol–water partition coefficient (Wildman–Crippen LogP) is 3.30. The molecule has 0 spiro atoms. The smallest absolute Gasteiger partial charge is 0.248 e. The van der Waals surface area contributed by atoms with E-state index in [-0.39, 0.29) is 5.91 Å². The normalized spacial score (nSPS) is 13.4. The average Bonchev–Trinajstić information content (AvgIpc) is 3.46. The lowest BCUT2D eigenvalue weighted by Gasteiger charge is -2.23. The molecule has 0 unspecified atom stereocenters. The third-order valence-electron chi connectivity index (χ3n) is 4.60. The minimum Gasteiger partial charge on any atom is -0.366 e. The van der Waals surface area contributed by atoms with Gasteiger partial charge in [-0.2, -0.15) is 0 Å². The van der Waals surface area contributed by atoms with Gasteiger partial charge in [0.05, 0.1) is 0 Å². The Hall–Kier alpha value is -2.62. The molecular formula is C21H24N2O2. The van der Waals surface area contributed by atoms with Crippen molar-refractivity contribution in [2.75, 3.05) is 0 Å². The molecule has 0 atom stereocenters. The zero-order valence-corrected chi connectivity index (χ0v) is 14.4. The highest BCUT2D eigenvalue weighted by Gasteiger charge is 2.32. The molecule has 1 aliphatic carbocycles. The molecule has 4 heteroatoms. The first-order valence-corrected chi connectivity index (χ1v) is 8.85. The SMILES string of the molecule is NC(=O)c1ccc(CN(C(=O)CCCc2ccccc2)C2CC2)cc1. The van der Waals surface area contributed by atoms with Gasteiger partial charge >= 0.3 is 0 Å². The number of nitrogens with zero attached hydrogens (tertiary/aromatic N) is 1. The molecule has 2 aromatic carbocycles. The minimum absolute atomic E-state index is 0.220. The largest absolute Gasteiger partial charge is 0.366 e. The second-order valence-corrected chi connectivity index (χ2v) is 6.65. The van der Waals surface area contributed by atoms with E-state index in [0.717, 1.165) is 31.2 Å². The standard InChI is InChI=1S/C21H24N2O2/c22-21(25)18-11-9-17(10-12-18)15-23(19-13-14-19)20(24)8-4-7-16-5-2-1-3-6-16/h1-3,5-6,9-12,19H,4,7-8,13-15H2,(H2,22,25). The summed E-state index contributed by atoms with van der Waals surface area (Å²) in [5.74, 6) is -0.208. The van der Waals surface area contributed by atoms with Crippen molar-refractivity contribution in [3.63, 3.8) is 0 Å². The number of carbonyl (C=O) groups is 2. The van der Waals surface area contributed by atoms with Crippen LogP contribution in [0, 0.1) is 0 Å². The topological polar surface area (TPSA) is 63.4 Å². The molecule has 0 heterocycles. The molecule has 2 N–H and O–H groups in total. The molecule has 0 aromatic heterocycles. The first kappa shape index (κ1) is 17.2. The van der Waals surface area contributed by atoms with Crippen LogP contribution in [-0.2, 0) is 17.8 Å². The van der Waals surface area contributed by atoms with Crippen molar-refractivity contribution in [3.8, 4) is 0 Å². The molecule has 1 fully saturated rings. The second-order valence-electron chi connectivity index (χ2n) is 6.65. The molecule has 1 aliphatic rings. The van der Waals surface area contributed by atoms with Gasteiger partial charge in [0.25, 0.3) is 0 Å². The average molecular weight is 336 g/mol. The van der Waals surface area contributed by atoms with Crippen LogP contribution in [0.2, 0.25) is 0 Å². The van der Waals surface area contributed by atoms with Crippen LogP contribution in [0.1, 0.15) is 47.2 Å². The summed E-state index contributed by atoms with van der Waals surface area (Å²) in [4.78, 5) is 25.8. The lowest BCUT2D eigenvalue weighted by atomic mass is 10.1. The molecule has 25 heavy (non-hydrogen) atoms. The van der Waals surface area contributed by atoms with Gasteiger partial charge in [0.2, 0.25) is 11.8 Å². The molecule has 0 aliphatic heterocycles. The molecule has 0 radical (unpaired) electrons. The Labute approximate surface area is 148 Å². The summed E-state index contributed by atoms with van der Waals surface area (Å²) in [6, 6.07) is 17.9. The Morgan fingerprint density at radius 2 is 1.64 bits per heavy atom. The number of carbonyl (C=O) groups excluding carboxylic acids is 2. The summed E-state index contributed by atoms with van der Waals surface area (Å²) in [5.41, 5.74) is 8.08. The van der Waals surface area contributed by atoms with E-state index in [1.165, 1.54) is 5.56 Å². The maximum absolute atomic E-state index is 12.6. The Balaban J connectivity index is 1.55. The molecular weight excluding hydrogens is 312 g/mol. The van der Waals surface area contributed by atoms with Crippen LogP contribution in [0.15, 0.2) is 54.6 Å². The van der Waals surface area contributed by atoms with Crippen molar-refractivity contribution in [3.05, 3.63) is 71.3 Å². The summed E-state index contributed by atoms with van der Waals surface area (Å²) in [6.07, 6.45) is 4.55. The fourth-order valence-electron chi connectivity index (χ4n) is 3.01. The first-order chi connectivity index (χ1) is 12.1. The maximum atomic E-state index is 12.6. The molecule has 1 saturated carbocycles. The van der Waals surface area contributed by atoms with Crippen LogP contribution in [-0.4, -0.2) is 22.8 Å². The van der Waals surface area contributed by atoms with E-state index < -0.39 is 5.91 Å². The zero-order chi connectivity index (χ0) is 17.6. The van der Waals surface area contributed by atoms with Crippen LogP contribution in [0.25, 0.3) is 0 Å². The van der Waals surface area contributed by atoms with E-state index in [1.807, 2.05) is 35.2 Å². The maximum Gasteiger partial charge on any atom is 0.248 e. The molecule has 0 saturated heterocycles. The third-order valence-corrected chi connectivity index (χ3v) is 4.60. The zero-order valence-electron chi connectivity index (χ0n) is 14.4. The van der Waals surface area contributed by atoms with Gasteiger partial charge in [-0.05, 0) is 48.9 Å². The van der Waals surface area contributed by atoms with E-state index in [4.69, 9.17) is 5.73 Å². The molecule has 4 nitrogen and oxygen atoms in total. The number of rotatable bonds is 8. The number of primary amides is 1. The number of hydrogen-bond donors (Lipinski definition) is 1. The highest BCUT2D eigenvalue weighted by Crippen LogP contribution is 2.29. The van der Waals surface area contributed by atoms with E-state index in [9.17, 15) is 9.59 Å². The fraction of sp³-hybridized carbons (Fsp3) is 0.333. The van der Waals surface area contributed by atoms with Gasteiger partial charge in [0.1, 0.15) is 0 Å². The van der Waals surface area contributed by atoms with E-state index in [1.54, 1.807) is 12.1 Å². The van der Waals surface area contributed by atoms with E-state index in [2.05, 4.69) is 12.1 Å². The number of hydrogen-bond acceptors (Lipinski definition) is 2. The molecule has 0 bridgehead atoms. The van der Waals surface area contributed by atoms with Crippen molar-refractivity contribution >= 4 is 11.8 Å². The van der Waals surface area contributed by atoms with Gasteiger partial charge in [-0.1, -0.05) is 42.5 Å². The minimum atomic E-state index is -0.428. The van der Waals surface area contributed by atoms with Crippen LogP contribution < -0.4 is 5.73 Å². The van der Waals surface area contributed by atoms with Gasteiger partial charge in [-0.15, -0.1) is 0 Å². The number of nitrogens with two attached hydrogens (primary N) is 1. The Bertz CT molecular complexity index is 721. The molecule has 130 valence electrons. The Kier molecular flexibility index (Phi) is 5.49. The highest BCUT2D eigenvalue weighted by molar-refractivity contribution is 5.92. The second kappa shape index (κ2) is 7.97. The summed E-state index contributed by atoms with van der Waals surface area (Å²) >= 11 is 0. The third kappa shape index (κ3) is 4.92. The van der Waals surface area contributed by atoms with Gasteiger partial charge in [0.15, 0.2) is 0 Å². The summed E-state index contributed by atoms with van der Waals surface area (Å²) in [5, 5.41) is 0. The monoisotopic (exact) mass is 336 g/mol. The lowest BCUT2D eigenvalue weighted by Crippen LogP contribution is -2.32.